The summed E-state index contributed by atoms with van der Waals surface area (Å²) in [5.74, 6) is -2.26. The summed E-state index contributed by atoms with van der Waals surface area (Å²) in [6.45, 7) is 0.617. The van der Waals surface area contributed by atoms with Gasteiger partial charge in [-0.15, -0.1) is 9.24 Å². The molecule has 0 spiro atoms. The first-order chi connectivity index (χ1) is 19.3. The maximum absolute atomic E-state index is 13.2. The van der Waals surface area contributed by atoms with Crippen LogP contribution >= 0.6 is 32.4 Å². The Morgan fingerprint density at radius 3 is 2.54 bits per heavy atom. The number of hydrogen-bond acceptors (Lipinski definition) is 5. The zero-order chi connectivity index (χ0) is 29.9. The van der Waals surface area contributed by atoms with E-state index in [1.807, 2.05) is 24.3 Å². The number of rotatable bonds is 8. The molecule has 0 aromatic heterocycles. The summed E-state index contributed by atoms with van der Waals surface area (Å²) >= 11 is 13.1. The molecule has 0 bridgehead atoms. The first-order valence-corrected chi connectivity index (χ1v) is 15.7. The van der Waals surface area contributed by atoms with Crippen LogP contribution in [0.3, 0.4) is 0 Å². The van der Waals surface area contributed by atoms with Gasteiger partial charge in [0.2, 0.25) is 5.91 Å². The zero-order valence-corrected chi connectivity index (χ0v) is 25.4. The normalized spacial score (nSPS) is 14.0. The third kappa shape index (κ3) is 7.35. The maximum Gasteiger partial charge on any atom is 0.326 e. The number of benzene rings is 3. The van der Waals surface area contributed by atoms with Crippen LogP contribution in [-0.2, 0) is 38.8 Å². The average molecular weight is 633 g/mol. The molecule has 0 saturated carbocycles. The van der Waals surface area contributed by atoms with Gasteiger partial charge < -0.3 is 15.3 Å². The molecular formula is C29H27Cl2N2O6PS. The molecule has 3 aromatic carbocycles. The summed E-state index contributed by atoms with van der Waals surface area (Å²) in [4.78, 5) is 39.7. The van der Waals surface area contributed by atoms with E-state index in [-0.39, 0.29) is 39.4 Å². The van der Waals surface area contributed by atoms with E-state index in [0.29, 0.717) is 29.7 Å². The summed E-state index contributed by atoms with van der Waals surface area (Å²) in [5.41, 5.74) is 2.64. The number of carbonyl (C=O) groups excluding carboxylic acids is 2. The van der Waals surface area contributed by atoms with Crippen molar-refractivity contribution in [1.29, 1.82) is 0 Å². The molecule has 8 nitrogen and oxygen atoms in total. The predicted octanol–water partition coefficient (Wildman–Crippen LogP) is 3.92. The smallest absolute Gasteiger partial charge is 0.326 e. The maximum atomic E-state index is 13.2. The number of amides is 2. The fourth-order valence-electron chi connectivity index (χ4n) is 4.55. The van der Waals surface area contributed by atoms with Crippen molar-refractivity contribution in [2.45, 2.75) is 30.3 Å². The first kappa shape index (κ1) is 30.7. The van der Waals surface area contributed by atoms with Gasteiger partial charge in [0.1, 0.15) is 6.04 Å². The van der Waals surface area contributed by atoms with Crippen molar-refractivity contribution in [3.63, 3.8) is 0 Å². The van der Waals surface area contributed by atoms with Crippen molar-refractivity contribution >= 4 is 71.4 Å². The van der Waals surface area contributed by atoms with E-state index in [2.05, 4.69) is 14.6 Å². The molecule has 12 heteroatoms. The molecule has 41 heavy (non-hydrogen) atoms. The second-order valence-corrected chi connectivity index (χ2v) is 13.1. The van der Waals surface area contributed by atoms with Gasteiger partial charge in [-0.1, -0.05) is 59.6 Å². The van der Waals surface area contributed by atoms with Crippen molar-refractivity contribution in [2.75, 3.05) is 12.8 Å². The van der Waals surface area contributed by atoms with Crippen molar-refractivity contribution in [2.24, 2.45) is 0 Å². The molecule has 2 atom stereocenters. The molecule has 4 rings (SSSR count). The van der Waals surface area contributed by atoms with Crippen LogP contribution in [0, 0.1) is 0 Å². The molecular weight excluding hydrogens is 606 g/mol. The molecule has 2 N–H and O–H groups in total. The highest BCUT2D eigenvalue weighted by Crippen LogP contribution is 2.35. The number of carboxylic acids is 1. The third-order valence-electron chi connectivity index (χ3n) is 6.71. The summed E-state index contributed by atoms with van der Waals surface area (Å²) in [6, 6.07) is 13.7. The van der Waals surface area contributed by atoms with Crippen LogP contribution in [0.15, 0.2) is 65.6 Å². The highest BCUT2D eigenvalue weighted by Gasteiger charge is 2.29. The molecule has 0 radical (unpaired) electrons. The lowest BCUT2D eigenvalue weighted by atomic mass is 9.96. The van der Waals surface area contributed by atoms with Crippen LogP contribution < -0.4 is 10.6 Å². The van der Waals surface area contributed by atoms with Gasteiger partial charge in [-0.05, 0) is 58.3 Å². The molecule has 1 heterocycles. The summed E-state index contributed by atoms with van der Waals surface area (Å²) < 4.78 is 23.8. The van der Waals surface area contributed by atoms with E-state index in [4.69, 9.17) is 23.2 Å². The molecule has 3 aromatic rings. The van der Waals surface area contributed by atoms with Crippen LogP contribution in [0.4, 0.5) is 0 Å². The second-order valence-electron chi connectivity index (χ2n) is 9.65. The average Bonchev–Trinajstić information content (AvgIpc) is 2.91. The van der Waals surface area contributed by atoms with Crippen LogP contribution in [-0.4, -0.2) is 55.1 Å². The Bertz CT molecular complexity index is 1680. The zero-order valence-electron chi connectivity index (χ0n) is 21.9. The number of nitrogens with one attached hydrogen (secondary N) is 1. The lowest BCUT2D eigenvalue weighted by Crippen LogP contribution is -2.42. The van der Waals surface area contributed by atoms with Crippen LogP contribution in [0.25, 0.3) is 6.08 Å². The third-order valence-corrected chi connectivity index (χ3v) is 9.07. The molecule has 2 amide bonds. The first-order valence-electron chi connectivity index (χ1n) is 12.5. The quantitative estimate of drug-likeness (QED) is 0.287. The Labute approximate surface area is 250 Å². The van der Waals surface area contributed by atoms with Gasteiger partial charge in [-0.2, -0.15) is 0 Å². The van der Waals surface area contributed by atoms with Crippen LogP contribution in [0.1, 0.15) is 32.6 Å². The lowest BCUT2D eigenvalue weighted by molar-refractivity contribution is -0.139. The molecule has 0 fully saturated rings. The Kier molecular flexibility index (Phi) is 9.55. The van der Waals surface area contributed by atoms with Crippen LogP contribution in [0.5, 0.6) is 0 Å². The number of sulfone groups is 1. The van der Waals surface area contributed by atoms with Crippen molar-refractivity contribution in [3.05, 3.63) is 98.5 Å². The standard InChI is InChI=1S/C29H27Cl2N2O6PS/c1-41(38,39)20-7-4-5-17(13-20)14-23(29(36)37)32-28(35)26-22(30)15-19-16-33(12-11-21(19)27(26)31)25(34)10-9-18-6-2-3-8-24(18)40/h2-10,13,15,23H,11-12,14,16,40H2,1H3,(H,32,35)(H,36,37)/t23-/m0/s1. The number of carbonyl (C=O) groups is 3. The minimum Gasteiger partial charge on any atom is -0.480 e. The van der Waals surface area contributed by atoms with Crippen LogP contribution in [0.2, 0.25) is 10.0 Å². The fourth-order valence-corrected chi connectivity index (χ4v) is 6.31. The molecule has 1 aliphatic rings. The van der Waals surface area contributed by atoms with Gasteiger partial charge >= 0.3 is 5.97 Å². The highest BCUT2D eigenvalue weighted by atomic mass is 35.5. The SMILES string of the molecule is CS(=O)(=O)c1cccc(C[C@H](NC(=O)c2c(Cl)cc3c(c2Cl)CCN(C(=O)C=Cc2ccccc2P)C3)C(=O)O)c1. The number of aliphatic carboxylic acids is 1. The summed E-state index contributed by atoms with van der Waals surface area (Å²) in [6.07, 6.45) is 4.54. The number of halogens is 2. The number of nitrogens with zero attached hydrogens (tertiary/aromatic N) is 1. The molecule has 0 saturated heterocycles. The Balaban J connectivity index is 1.51. The summed E-state index contributed by atoms with van der Waals surface area (Å²) in [7, 11) is -0.866. The predicted molar refractivity (Wildman–Crippen MR) is 163 cm³/mol. The van der Waals surface area contributed by atoms with Crippen molar-refractivity contribution in [1.82, 2.24) is 10.2 Å². The monoisotopic (exact) mass is 632 g/mol. The van der Waals surface area contributed by atoms with E-state index in [9.17, 15) is 27.9 Å². The summed E-state index contributed by atoms with van der Waals surface area (Å²) in [5, 5.41) is 13.3. The van der Waals surface area contributed by atoms with Gasteiger partial charge in [0.25, 0.3) is 5.91 Å². The minimum absolute atomic E-state index is 0.0243. The van der Waals surface area contributed by atoms with Crippen molar-refractivity contribution < 1.29 is 27.9 Å². The molecule has 214 valence electrons. The van der Waals surface area contributed by atoms with E-state index in [1.54, 1.807) is 23.1 Å². The second kappa shape index (κ2) is 12.7. The largest absolute Gasteiger partial charge is 0.480 e. The number of fused-ring (bicyclic) bond motifs is 1. The van der Waals surface area contributed by atoms with Gasteiger partial charge in [0.05, 0.1) is 20.5 Å². The van der Waals surface area contributed by atoms with E-state index < -0.39 is 27.8 Å². The van der Waals surface area contributed by atoms with Crippen molar-refractivity contribution in [3.8, 4) is 0 Å². The molecule has 1 aliphatic heterocycles. The Morgan fingerprint density at radius 2 is 1.85 bits per heavy atom. The van der Waals surface area contributed by atoms with Gasteiger partial charge in [-0.3, -0.25) is 9.59 Å². The minimum atomic E-state index is -3.49. The highest BCUT2D eigenvalue weighted by molar-refractivity contribution is 7.90. The van der Waals surface area contributed by atoms with E-state index >= 15 is 0 Å². The lowest BCUT2D eigenvalue weighted by Gasteiger charge is -2.29. The van der Waals surface area contributed by atoms with Gasteiger partial charge in [-0.25, -0.2) is 13.2 Å². The fraction of sp³-hybridized carbons (Fsp3) is 0.207. The Morgan fingerprint density at radius 1 is 1.12 bits per heavy atom. The van der Waals surface area contributed by atoms with Gasteiger partial charge in [0, 0.05) is 31.8 Å². The van der Waals surface area contributed by atoms with Gasteiger partial charge in [0.15, 0.2) is 9.84 Å². The molecule has 1 unspecified atom stereocenters. The molecule has 0 aliphatic carbocycles. The van der Waals surface area contributed by atoms with E-state index in [0.717, 1.165) is 17.1 Å². The topological polar surface area (TPSA) is 121 Å². The Hall–Kier alpha value is -3.23. The van der Waals surface area contributed by atoms with E-state index in [1.165, 1.54) is 24.3 Å². The number of carboxylic acid groups (broad SMARTS) is 1. The number of hydrogen-bond donors (Lipinski definition) is 2.